The lowest BCUT2D eigenvalue weighted by atomic mass is 10.1. The van der Waals surface area contributed by atoms with Crippen LogP contribution in [0.15, 0.2) is 48.5 Å². The van der Waals surface area contributed by atoms with Crippen LogP contribution in [0.4, 0.5) is 10.1 Å². The van der Waals surface area contributed by atoms with E-state index in [1.807, 2.05) is 6.92 Å². The molecule has 1 saturated heterocycles. The second-order valence-corrected chi connectivity index (χ2v) is 7.73. The number of halogens is 1. The predicted molar refractivity (Wildman–Crippen MR) is 112 cm³/mol. The second-order valence-electron chi connectivity index (χ2n) is 7.73. The van der Waals surface area contributed by atoms with E-state index in [4.69, 9.17) is 0 Å². The van der Waals surface area contributed by atoms with Crippen molar-refractivity contribution in [3.63, 3.8) is 0 Å². The van der Waals surface area contributed by atoms with Gasteiger partial charge in [0.15, 0.2) is 0 Å². The van der Waals surface area contributed by atoms with Crippen molar-refractivity contribution in [1.82, 2.24) is 10.2 Å². The Morgan fingerprint density at radius 2 is 1.82 bits per heavy atom. The van der Waals surface area contributed by atoms with Crippen molar-refractivity contribution >= 4 is 11.6 Å². The number of piperazine rings is 1. The molecule has 1 N–H and O–H groups in total. The van der Waals surface area contributed by atoms with Crippen LogP contribution in [-0.2, 0) is 11.2 Å². The van der Waals surface area contributed by atoms with Gasteiger partial charge in [-0.2, -0.15) is 0 Å². The Bertz CT molecular complexity index is 770. The summed E-state index contributed by atoms with van der Waals surface area (Å²) in [5.74, 6) is -0.289. The SMILES string of the molecule is Cc1cccc(N2CCN(CCC(C)NC(=O)Cc3ccc(F)cc3)CC2)c1. The highest BCUT2D eigenvalue weighted by Gasteiger charge is 2.18. The number of aryl methyl sites for hydroxylation is 1. The first kappa shape index (κ1) is 20.3. The highest BCUT2D eigenvalue weighted by molar-refractivity contribution is 5.78. The van der Waals surface area contributed by atoms with Crippen molar-refractivity contribution in [2.75, 3.05) is 37.6 Å². The van der Waals surface area contributed by atoms with Crippen LogP contribution in [-0.4, -0.2) is 49.6 Å². The minimum Gasteiger partial charge on any atom is -0.369 e. The number of nitrogens with one attached hydrogen (secondary N) is 1. The normalized spacial score (nSPS) is 16.0. The Labute approximate surface area is 167 Å². The number of carbonyl (C=O) groups is 1. The Balaban J connectivity index is 1.36. The summed E-state index contributed by atoms with van der Waals surface area (Å²) in [6.07, 6.45) is 1.22. The summed E-state index contributed by atoms with van der Waals surface area (Å²) in [6, 6.07) is 14.9. The van der Waals surface area contributed by atoms with Crippen LogP contribution in [0.5, 0.6) is 0 Å². The summed E-state index contributed by atoms with van der Waals surface area (Å²) < 4.78 is 12.9. The topological polar surface area (TPSA) is 35.6 Å². The minimum absolute atomic E-state index is 0.0108. The van der Waals surface area contributed by atoms with Gasteiger partial charge < -0.3 is 10.2 Å². The lowest BCUT2D eigenvalue weighted by Gasteiger charge is -2.36. The molecule has 1 fully saturated rings. The molecule has 2 aromatic carbocycles. The third kappa shape index (κ3) is 6.06. The highest BCUT2D eigenvalue weighted by atomic mass is 19.1. The smallest absolute Gasteiger partial charge is 0.224 e. The summed E-state index contributed by atoms with van der Waals surface area (Å²) in [6.45, 7) is 9.33. The molecule has 1 unspecified atom stereocenters. The first-order valence-electron chi connectivity index (χ1n) is 10.1. The van der Waals surface area contributed by atoms with E-state index in [1.165, 1.54) is 23.4 Å². The van der Waals surface area contributed by atoms with Crippen LogP contribution in [0.1, 0.15) is 24.5 Å². The summed E-state index contributed by atoms with van der Waals surface area (Å²) in [5.41, 5.74) is 3.43. The molecule has 3 rings (SSSR count). The van der Waals surface area contributed by atoms with Gasteiger partial charge in [-0.25, -0.2) is 4.39 Å². The van der Waals surface area contributed by atoms with Crippen molar-refractivity contribution in [2.24, 2.45) is 0 Å². The fourth-order valence-electron chi connectivity index (χ4n) is 3.62. The second kappa shape index (κ2) is 9.69. The minimum atomic E-state index is -0.278. The number of anilines is 1. The van der Waals surface area contributed by atoms with Crippen LogP contribution in [0.2, 0.25) is 0 Å². The number of carbonyl (C=O) groups excluding carboxylic acids is 1. The first-order valence-corrected chi connectivity index (χ1v) is 10.1. The van der Waals surface area contributed by atoms with Gasteiger partial charge in [0.05, 0.1) is 6.42 Å². The molecule has 28 heavy (non-hydrogen) atoms. The Hall–Kier alpha value is -2.40. The molecule has 1 heterocycles. The molecule has 1 aliphatic rings. The molecule has 0 saturated carbocycles. The van der Waals surface area contributed by atoms with Crippen molar-refractivity contribution < 1.29 is 9.18 Å². The van der Waals surface area contributed by atoms with Crippen LogP contribution < -0.4 is 10.2 Å². The number of rotatable bonds is 7. The molecule has 0 aliphatic carbocycles. The number of amides is 1. The van der Waals surface area contributed by atoms with E-state index >= 15 is 0 Å². The Morgan fingerprint density at radius 3 is 2.50 bits per heavy atom. The molecule has 0 spiro atoms. The van der Waals surface area contributed by atoms with E-state index in [2.05, 4.69) is 46.3 Å². The molecular formula is C23H30FN3O. The van der Waals surface area contributed by atoms with E-state index in [0.717, 1.165) is 44.7 Å². The average Bonchev–Trinajstić information content (AvgIpc) is 2.68. The predicted octanol–water partition coefficient (Wildman–Crippen LogP) is 3.39. The molecule has 0 radical (unpaired) electrons. The van der Waals surface area contributed by atoms with Crippen molar-refractivity contribution in [1.29, 1.82) is 0 Å². The molecular weight excluding hydrogens is 353 g/mol. The van der Waals surface area contributed by atoms with Crippen LogP contribution in [0, 0.1) is 12.7 Å². The maximum atomic E-state index is 12.9. The van der Waals surface area contributed by atoms with E-state index < -0.39 is 0 Å². The molecule has 1 aliphatic heterocycles. The van der Waals surface area contributed by atoms with Gasteiger partial charge >= 0.3 is 0 Å². The third-order valence-corrected chi connectivity index (χ3v) is 5.30. The Morgan fingerprint density at radius 1 is 1.11 bits per heavy atom. The molecule has 150 valence electrons. The number of nitrogens with zero attached hydrogens (tertiary/aromatic N) is 2. The zero-order chi connectivity index (χ0) is 19.9. The summed E-state index contributed by atoms with van der Waals surface area (Å²) in [4.78, 5) is 17.1. The van der Waals surface area contributed by atoms with Gasteiger partial charge in [0.25, 0.3) is 0 Å². The molecule has 0 aromatic heterocycles. The van der Waals surface area contributed by atoms with Crippen molar-refractivity contribution in [3.05, 3.63) is 65.5 Å². The van der Waals surface area contributed by atoms with Gasteiger partial charge in [-0.15, -0.1) is 0 Å². The quantitative estimate of drug-likeness (QED) is 0.796. The van der Waals surface area contributed by atoms with Gasteiger partial charge in [0.1, 0.15) is 5.82 Å². The zero-order valence-electron chi connectivity index (χ0n) is 16.8. The first-order chi connectivity index (χ1) is 13.5. The molecule has 1 atom stereocenters. The van der Waals surface area contributed by atoms with Crippen LogP contribution in [0.25, 0.3) is 0 Å². The van der Waals surface area contributed by atoms with Crippen molar-refractivity contribution in [3.8, 4) is 0 Å². The van der Waals surface area contributed by atoms with Gasteiger partial charge in [-0.1, -0.05) is 24.3 Å². The standard InChI is InChI=1S/C23H30FN3O/c1-18-4-3-5-22(16-18)27-14-12-26(13-15-27)11-10-19(2)25-23(28)17-20-6-8-21(24)9-7-20/h3-9,16,19H,10-15,17H2,1-2H3,(H,25,28). The molecule has 5 heteroatoms. The molecule has 1 amide bonds. The van der Waals surface area contributed by atoms with Crippen LogP contribution in [0.3, 0.4) is 0 Å². The third-order valence-electron chi connectivity index (χ3n) is 5.30. The summed E-state index contributed by atoms with van der Waals surface area (Å²) in [7, 11) is 0. The largest absolute Gasteiger partial charge is 0.369 e. The van der Waals surface area contributed by atoms with E-state index in [0.29, 0.717) is 6.42 Å². The van der Waals surface area contributed by atoms with E-state index in [1.54, 1.807) is 12.1 Å². The highest BCUT2D eigenvalue weighted by Crippen LogP contribution is 2.18. The van der Waals surface area contributed by atoms with Crippen molar-refractivity contribution in [2.45, 2.75) is 32.7 Å². The number of benzene rings is 2. The fraction of sp³-hybridized carbons (Fsp3) is 0.435. The van der Waals surface area contributed by atoms with E-state index in [9.17, 15) is 9.18 Å². The average molecular weight is 384 g/mol. The Kier molecular flexibility index (Phi) is 7.04. The fourth-order valence-corrected chi connectivity index (χ4v) is 3.62. The number of hydrogen-bond acceptors (Lipinski definition) is 3. The molecule has 0 bridgehead atoms. The number of hydrogen-bond donors (Lipinski definition) is 1. The van der Waals surface area contributed by atoms with Gasteiger partial charge in [-0.05, 0) is 55.7 Å². The maximum absolute atomic E-state index is 12.9. The lowest BCUT2D eigenvalue weighted by Crippen LogP contribution is -2.47. The lowest BCUT2D eigenvalue weighted by molar-refractivity contribution is -0.121. The monoisotopic (exact) mass is 383 g/mol. The summed E-state index contributed by atoms with van der Waals surface area (Å²) >= 11 is 0. The van der Waals surface area contributed by atoms with Crippen LogP contribution >= 0.6 is 0 Å². The molecule has 2 aromatic rings. The maximum Gasteiger partial charge on any atom is 0.224 e. The van der Waals surface area contributed by atoms with Gasteiger partial charge in [0.2, 0.25) is 5.91 Å². The van der Waals surface area contributed by atoms with Gasteiger partial charge in [0, 0.05) is 44.5 Å². The zero-order valence-corrected chi connectivity index (χ0v) is 16.8. The van der Waals surface area contributed by atoms with E-state index in [-0.39, 0.29) is 17.8 Å². The molecule has 4 nitrogen and oxygen atoms in total. The summed E-state index contributed by atoms with van der Waals surface area (Å²) in [5, 5.41) is 3.05. The van der Waals surface area contributed by atoms with Gasteiger partial charge in [-0.3, -0.25) is 9.69 Å².